The average Bonchev–Trinajstić information content (AvgIpc) is 3.33. The zero-order chi connectivity index (χ0) is 24.4. The van der Waals surface area contributed by atoms with Crippen LogP contribution in [0.15, 0.2) is 42.6 Å². The molecule has 1 atom stereocenters. The number of aromatic nitrogens is 2. The molecule has 0 unspecified atom stereocenters. The quantitative estimate of drug-likeness (QED) is 0.529. The van der Waals surface area contributed by atoms with E-state index in [2.05, 4.69) is 14.9 Å². The number of hydrogen-bond donors (Lipinski definition) is 1. The zero-order valence-electron chi connectivity index (χ0n) is 18.8. The Morgan fingerprint density at radius 3 is 2.59 bits per heavy atom. The highest BCUT2D eigenvalue weighted by atomic mass is 35.5. The van der Waals surface area contributed by atoms with Gasteiger partial charge < -0.3 is 20.3 Å². The Balaban J connectivity index is 1.48. The summed E-state index contributed by atoms with van der Waals surface area (Å²) >= 11 is 5.85. The molecule has 1 saturated heterocycles. The summed E-state index contributed by atoms with van der Waals surface area (Å²) in [4.78, 5) is 25.3. The summed E-state index contributed by atoms with van der Waals surface area (Å²) in [6.07, 6.45) is 2.42. The van der Waals surface area contributed by atoms with E-state index in [4.69, 9.17) is 22.1 Å². The second-order valence-electron chi connectivity index (χ2n) is 8.29. The maximum Gasteiger partial charge on any atom is 0.258 e. The lowest BCUT2D eigenvalue weighted by atomic mass is 10.1. The van der Waals surface area contributed by atoms with Gasteiger partial charge in [-0.3, -0.25) is 4.79 Å². The van der Waals surface area contributed by atoms with E-state index in [0.29, 0.717) is 29.4 Å². The van der Waals surface area contributed by atoms with Gasteiger partial charge in [-0.15, -0.1) is 0 Å². The predicted octanol–water partition coefficient (Wildman–Crippen LogP) is 4.01. The highest BCUT2D eigenvalue weighted by molar-refractivity contribution is 6.31. The molecule has 2 heterocycles. The molecule has 7 nitrogen and oxygen atoms in total. The largest absolute Gasteiger partial charge is 0.470 e. The molecule has 0 saturated carbocycles. The summed E-state index contributed by atoms with van der Waals surface area (Å²) in [5, 5.41) is -0.363. The lowest BCUT2D eigenvalue weighted by Crippen LogP contribution is -2.34. The molecule has 178 valence electrons. The topological polar surface area (TPSA) is 84.6 Å². The second kappa shape index (κ2) is 9.90. The van der Waals surface area contributed by atoms with Crippen molar-refractivity contribution in [3.63, 3.8) is 0 Å². The lowest BCUT2D eigenvalue weighted by molar-refractivity contribution is 0.0783. The van der Waals surface area contributed by atoms with Gasteiger partial charge in [-0.05, 0) is 44.8 Å². The maximum absolute atomic E-state index is 14.0. The minimum absolute atomic E-state index is 0.00652. The molecule has 10 heteroatoms. The molecule has 0 spiro atoms. The van der Waals surface area contributed by atoms with Gasteiger partial charge in [-0.1, -0.05) is 23.7 Å². The van der Waals surface area contributed by atoms with Crippen LogP contribution in [0.5, 0.6) is 5.88 Å². The normalized spacial score (nSPS) is 15.7. The van der Waals surface area contributed by atoms with Crippen LogP contribution in [0.4, 0.5) is 14.6 Å². The molecule has 2 aromatic carbocycles. The molecule has 2 N–H and O–H groups in total. The SMILES string of the molecule is CN(C)[C@@H]1CCN(C(=O)c2ccc(-c3cnc(N)c(OCc4c(F)ccc(F)c4Cl)n3)cc2)C1. The summed E-state index contributed by atoms with van der Waals surface area (Å²) in [7, 11) is 4.03. The van der Waals surface area contributed by atoms with Crippen molar-refractivity contribution in [1.82, 2.24) is 19.8 Å². The Hall–Kier alpha value is -3.30. The van der Waals surface area contributed by atoms with Crippen LogP contribution in [-0.2, 0) is 6.61 Å². The van der Waals surface area contributed by atoms with Gasteiger partial charge in [0.25, 0.3) is 11.8 Å². The molecular formula is C24H24ClF2N5O2. The molecular weight excluding hydrogens is 464 g/mol. The second-order valence-corrected chi connectivity index (χ2v) is 8.67. The summed E-state index contributed by atoms with van der Waals surface area (Å²) in [6, 6.07) is 9.27. The monoisotopic (exact) mass is 487 g/mol. The highest BCUT2D eigenvalue weighted by Gasteiger charge is 2.28. The van der Waals surface area contributed by atoms with Crippen molar-refractivity contribution in [2.24, 2.45) is 0 Å². The van der Waals surface area contributed by atoms with Crippen LogP contribution in [0.1, 0.15) is 22.3 Å². The predicted molar refractivity (Wildman–Crippen MR) is 126 cm³/mol. The first kappa shape index (κ1) is 23.8. The smallest absolute Gasteiger partial charge is 0.258 e. The Morgan fingerprint density at radius 2 is 1.91 bits per heavy atom. The number of amides is 1. The molecule has 1 amide bonds. The van der Waals surface area contributed by atoms with Gasteiger partial charge in [0, 0.05) is 35.8 Å². The van der Waals surface area contributed by atoms with Crippen molar-refractivity contribution in [3.05, 3.63) is 70.4 Å². The van der Waals surface area contributed by atoms with E-state index >= 15 is 0 Å². The minimum Gasteiger partial charge on any atom is -0.470 e. The van der Waals surface area contributed by atoms with E-state index in [0.717, 1.165) is 25.1 Å². The standard InChI is InChI=1S/C24H24ClF2N5O2/c1-31(2)16-9-10-32(12-16)24(33)15-5-3-14(4-6-15)20-11-29-22(28)23(30-20)34-13-17-18(26)7-8-19(27)21(17)25/h3-8,11,16H,9-10,12-13H2,1-2H3,(H2,28,29)/t16-/m1/s1. The summed E-state index contributed by atoms with van der Waals surface area (Å²) in [6.45, 7) is 1.05. The molecule has 4 rings (SSSR count). The lowest BCUT2D eigenvalue weighted by Gasteiger charge is -2.20. The van der Waals surface area contributed by atoms with Gasteiger partial charge in [-0.2, -0.15) is 0 Å². The van der Waals surface area contributed by atoms with Crippen molar-refractivity contribution in [1.29, 1.82) is 0 Å². The zero-order valence-corrected chi connectivity index (χ0v) is 19.5. The molecule has 0 radical (unpaired) electrons. The highest BCUT2D eigenvalue weighted by Crippen LogP contribution is 2.27. The maximum atomic E-state index is 14.0. The van der Waals surface area contributed by atoms with Crippen molar-refractivity contribution in [2.75, 3.05) is 32.9 Å². The third kappa shape index (κ3) is 4.95. The minimum atomic E-state index is -0.754. The third-order valence-corrected chi connectivity index (χ3v) is 6.28. The summed E-state index contributed by atoms with van der Waals surface area (Å²) in [5.74, 6) is -1.52. The van der Waals surface area contributed by atoms with E-state index in [1.165, 1.54) is 6.20 Å². The number of likely N-dealkylation sites (tertiary alicyclic amines) is 1. The molecule has 1 fully saturated rings. The fourth-order valence-electron chi connectivity index (χ4n) is 3.78. The van der Waals surface area contributed by atoms with Crippen molar-refractivity contribution in [2.45, 2.75) is 19.1 Å². The number of carbonyl (C=O) groups is 1. The Bertz CT molecular complexity index is 1210. The van der Waals surface area contributed by atoms with Gasteiger partial charge in [0.1, 0.15) is 18.2 Å². The van der Waals surface area contributed by atoms with Crippen molar-refractivity contribution in [3.8, 4) is 17.1 Å². The van der Waals surface area contributed by atoms with Gasteiger partial charge in [0.2, 0.25) is 0 Å². The van der Waals surface area contributed by atoms with Crippen LogP contribution in [0.2, 0.25) is 5.02 Å². The number of carbonyl (C=O) groups excluding carboxylic acids is 1. The van der Waals surface area contributed by atoms with Gasteiger partial charge in [0.15, 0.2) is 5.82 Å². The number of nitrogens with two attached hydrogens (primary N) is 1. The molecule has 3 aromatic rings. The number of benzene rings is 2. The van der Waals surface area contributed by atoms with E-state index in [9.17, 15) is 13.6 Å². The van der Waals surface area contributed by atoms with Crippen LogP contribution < -0.4 is 10.5 Å². The van der Waals surface area contributed by atoms with Crippen LogP contribution in [0, 0.1) is 11.6 Å². The van der Waals surface area contributed by atoms with Gasteiger partial charge in [0.05, 0.1) is 16.9 Å². The number of ether oxygens (including phenoxy) is 1. The van der Waals surface area contributed by atoms with Crippen LogP contribution in [0.25, 0.3) is 11.3 Å². The van der Waals surface area contributed by atoms with E-state index in [1.807, 2.05) is 19.0 Å². The summed E-state index contributed by atoms with van der Waals surface area (Å²) in [5.41, 5.74) is 7.43. The van der Waals surface area contributed by atoms with Crippen LogP contribution >= 0.6 is 11.6 Å². The van der Waals surface area contributed by atoms with Crippen molar-refractivity contribution >= 4 is 23.3 Å². The Kier molecular flexibility index (Phi) is 6.95. The molecule has 1 aliphatic rings. The number of nitrogen functional groups attached to an aromatic ring is 1. The number of anilines is 1. The number of nitrogens with zero attached hydrogens (tertiary/aromatic N) is 4. The first-order valence-electron chi connectivity index (χ1n) is 10.7. The first-order valence-corrected chi connectivity index (χ1v) is 11.1. The number of likely N-dealkylation sites (N-methyl/N-ethyl adjacent to an activating group) is 1. The molecule has 1 aliphatic heterocycles. The Morgan fingerprint density at radius 1 is 1.21 bits per heavy atom. The third-order valence-electron chi connectivity index (χ3n) is 5.87. The van der Waals surface area contributed by atoms with E-state index in [-0.39, 0.29) is 34.8 Å². The van der Waals surface area contributed by atoms with Crippen LogP contribution in [-0.4, -0.2) is 58.9 Å². The first-order chi connectivity index (χ1) is 16.2. The molecule has 0 bridgehead atoms. The van der Waals surface area contributed by atoms with E-state index < -0.39 is 11.6 Å². The molecule has 0 aliphatic carbocycles. The van der Waals surface area contributed by atoms with Crippen molar-refractivity contribution < 1.29 is 18.3 Å². The van der Waals surface area contributed by atoms with Crippen LogP contribution in [0.3, 0.4) is 0 Å². The molecule has 34 heavy (non-hydrogen) atoms. The number of rotatable bonds is 6. The number of hydrogen-bond acceptors (Lipinski definition) is 6. The molecule has 1 aromatic heterocycles. The Labute approximate surface area is 201 Å². The van der Waals surface area contributed by atoms with Gasteiger partial charge in [-0.25, -0.2) is 18.7 Å². The summed E-state index contributed by atoms with van der Waals surface area (Å²) < 4.78 is 33.2. The fourth-order valence-corrected chi connectivity index (χ4v) is 3.99. The fraction of sp³-hybridized carbons (Fsp3) is 0.292. The van der Waals surface area contributed by atoms with Gasteiger partial charge >= 0.3 is 0 Å². The van der Waals surface area contributed by atoms with E-state index in [1.54, 1.807) is 24.3 Å². The number of halogens is 3. The average molecular weight is 488 g/mol.